The van der Waals surface area contributed by atoms with Gasteiger partial charge in [-0.3, -0.25) is 0 Å². The molecule has 1 atom stereocenters. The zero-order chi connectivity index (χ0) is 16.6. The van der Waals surface area contributed by atoms with E-state index in [4.69, 9.17) is 4.42 Å². The van der Waals surface area contributed by atoms with Gasteiger partial charge in [0.05, 0.1) is 17.5 Å². The molecule has 126 valence electrons. The number of hydrogen-bond donors (Lipinski definition) is 1. The van der Waals surface area contributed by atoms with Gasteiger partial charge in [-0.2, -0.15) is 0 Å². The first kappa shape index (κ1) is 16.5. The largest absolute Gasteiger partial charge is 0.459 e. The fraction of sp³-hybridized carbons (Fsp3) is 0.556. The van der Waals surface area contributed by atoms with Gasteiger partial charge >= 0.3 is 0 Å². The van der Waals surface area contributed by atoms with Crippen molar-refractivity contribution < 1.29 is 12.8 Å². The molecule has 23 heavy (non-hydrogen) atoms. The first-order valence-corrected chi connectivity index (χ1v) is 10.1. The van der Waals surface area contributed by atoms with Crippen LogP contribution in [-0.2, 0) is 9.84 Å². The number of para-hydroxylation sites is 1. The normalized spacial score (nSPS) is 20.2. The average Bonchev–Trinajstić information content (AvgIpc) is 2.83. The molecule has 4 nitrogen and oxygen atoms in total. The van der Waals surface area contributed by atoms with Crippen molar-refractivity contribution in [2.75, 3.05) is 11.5 Å². The van der Waals surface area contributed by atoms with E-state index in [0.29, 0.717) is 18.8 Å². The van der Waals surface area contributed by atoms with E-state index in [0.717, 1.165) is 16.7 Å². The maximum atomic E-state index is 11.6. The minimum Gasteiger partial charge on any atom is -0.459 e. The van der Waals surface area contributed by atoms with Gasteiger partial charge in [0.1, 0.15) is 21.2 Å². The summed E-state index contributed by atoms with van der Waals surface area (Å²) in [7, 11) is -2.83. The summed E-state index contributed by atoms with van der Waals surface area (Å²) in [5, 5.41) is 4.81. The molecule has 0 amide bonds. The number of hydrogen-bond acceptors (Lipinski definition) is 4. The molecule has 0 radical (unpaired) electrons. The maximum Gasteiger partial charge on any atom is 0.150 e. The average molecular weight is 335 g/mol. The van der Waals surface area contributed by atoms with Crippen LogP contribution in [0.3, 0.4) is 0 Å². The number of fused-ring (bicyclic) bond motifs is 1. The van der Waals surface area contributed by atoms with E-state index in [2.05, 4.69) is 32.2 Å². The Bertz CT molecular complexity index is 778. The molecule has 0 saturated carbocycles. The zero-order valence-corrected chi connectivity index (χ0v) is 14.8. The van der Waals surface area contributed by atoms with E-state index >= 15 is 0 Å². The lowest BCUT2D eigenvalue weighted by molar-refractivity contribution is 0.302. The zero-order valence-electron chi connectivity index (χ0n) is 14.0. The molecule has 0 spiro atoms. The van der Waals surface area contributed by atoms with Crippen molar-refractivity contribution in [2.24, 2.45) is 5.92 Å². The number of benzene rings is 1. The standard InChI is InChI=1S/C18H25NO3S/c1-12(2)17(19-14-8-10-23(20,21)11-9-14)18-13(3)15-6-4-5-7-16(15)22-18/h4-7,12,14,17,19H,8-11H2,1-3H3. The second kappa shape index (κ2) is 6.29. The molecule has 2 aromatic rings. The molecule has 1 N–H and O–H groups in total. The molecule has 2 heterocycles. The van der Waals surface area contributed by atoms with Gasteiger partial charge in [-0.1, -0.05) is 32.0 Å². The van der Waals surface area contributed by atoms with Gasteiger partial charge in [-0.15, -0.1) is 0 Å². The highest BCUT2D eigenvalue weighted by atomic mass is 32.2. The minimum absolute atomic E-state index is 0.105. The summed E-state index contributed by atoms with van der Waals surface area (Å²) in [5.74, 6) is 1.92. The summed E-state index contributed by atoms with van der Waals surface area (Å²) in [5.41, 5.74) is 2.09. The van der Waals surface area contributed by atoms with Gasteiger partial charge < -0.3 is 9.73 Å². The van der Waals surface area contributed by atoms with E-state index < -0.39 is 9.84 Å². The molecule has 1 unspecified atom stereocenters. The highest BCUT2D eigenvalue weighted by Crippen LogP contribution is 2.33. The lowest BCUT2D eigenvalue weighted by Crippen LogP contribution is -2.41. The third-order valence-corrected chi connectivity index (χ3v) is 6.52. The Labute approximate surface area is 138 Å². The van der Waals surface area contributed by atoms with Gasteiger partial charge in [0.2, 0.25) is 0 Å². The summed E-state index contributed by atoms with van der Waals surface area (Å²) in [6.45, 7) is 6.44. The molecule has 1 aromatic carbocycles. The van der Waals surface area contributed by atoms with Gasteiger partial charge in [-0.05, 0) is 37.3 Å². The molecule has 1 aliphatic heterocycles. The number of rotatable bonds is 4. The third kappa shape index (κ3) is 3.45. The molecule has 1 saturated heterocycles. The van der Waals surface area contributed by atoms with Crippen LogP contribution in [0.25, 0.3) is 11.0 Å². The Morgan fingerprint density at radius 2 is 1.83 bits per heavy atom. The van der Waals surface area contributed by atoms with Crippen LogP contribution >= 0.6 is 0 Å². The highest BCUT2D eigenvalue weighted by molar-refractivity contribution is 7.91. The fourth-order valence-electron chi connectivity index (χ4n) is 3.37. The molecule has 0 bridgehead atoms. The monoisotopic (exact) mass is 335 g/mol. The Morgan fingerprint density at radius 1 is 1.17 bits per heavy atom. The Kier molecular flexibility index (Phi) is 4.52. The molecular weight excluding hydrogens is 310 g/mol. The fourth-order valence-corrected chi connectivity index (χ4v) is 4.86. The van der Waals surface area contributed by atoms with E-state index in [1.165, 1.54) is 5.56 Å². The number of aryl methyl sites for hydroxylation is 1. The number of sulfone groups is 1. The maximum absolute atomic E-state index is 11.6. The van der Waals surface area contributed by atoms with Crippen LogP contribution in [0.5, 0.6) is 0 Å². The van der Waals surface area contributed by atoms with E-state index in [-0.39, 0.29) is 23.6 Å². The quantitative estimate of drug-likeness (QED) is 0.927. The van der Waals surface area contributed by atoms with Crippen LogP contribution < -0.4 is 5.32 Å². The predicted molar refractivity (Wildman–Crippen MR) is 93.3 cm³/mol. The lowest BCUT2D eigenvalue weighted by atomic mass is 9.96. The van der Waals surface area contributed by atoms with Crippen molar-refractivity contribution in [1.29, 1.82) is 0 Å². The second-order valence-corrected chi connectivity index (χ2v) is 9.21. The van der Waals surface area contributed by atoms with Gasteiger partial charge in [0, 0.05) is 11.4 Å². The van der Waals surface area contributed by atoms with Crippen molar-refractivity contribution in [3.8, 4) is 0 Å². The van der Waals surface area contributed by atoms with Crippen molar-refractivity contribution in [3.05, 3.63) is 35.6 Å². The van der Waals surface area contributed by atoms with Crippen LogP contribution in [0, 0.1) is 12.8 Å². The van der Waals surface area contributed by atoms with Gasteiger partial charge in [0.25, 0.3) is 0 Å². The highest BCUT2D eigenvalue weighted by Gasteiger charge is 2.29. The molecule has 1 aliphatic rings. The Hall–Kier alpha value is -1.33. The summed E-state index contributed by atoms with van der Waals surface area (Å²) in [6.07, 6.45) is 1.37. The molecule has 1 fully saturated rings. The van der Waals surface area contributed by atoms with E-state index in [9.17, 15) is 8.42 Å². The minimum atomic E-state index is -2.83. The number of furan rings is 1. The third-order valence-electron chi connectivity index (χ3n) is 4.80. The molecular formula is C18H25NO3S. The van der Waals surface area contributed by atoms with Crippen molar-refractivity contribution in [2.45, 2.75) is 45.7 Å². The van der Waals surface area contributed by atoms with Crippen molar-refractivity contribution in [1.82, 2.24) is 5.32 Å². The summed E-state index contributed by atoms with van der Waals surface area (Å²) < 4.78 is 29.3. The van der Waals surface area contributed by atoms with Crippen LogP contribution in [0.2, 0.25) is 0 Å². The molecule has 5 heteroatoms. The van der Waals surface area contributed by atoms with E-state index in [1.807, 2.05) is 18.2 Å². The Balaban J connectivity index is 1.85. The van der Waals surface area contributed by atoms with Gasteiger partial charge in [0.15, 0.2) is 0 Å². The molecule has 1 aromatic heterocycles. The first-order valence-electron chi connectivity index (χ1n) is 8.32. The molecule has 3 rings (SSSR count). The van der Waals surface area contributed by atoms with Crippen LogP contribution in [0.1, 0.15) is 44.1 Å². The predicted octanol–water partition coefficient (Wildman–Crippen LogP) is 3.61. The summed E-state index contributed by atoms with van der Waals surface area (Å²) >= 11 is 0. The van der Waals surface area contributed by atoms with Crippen LogP contribution in [0.15, 0.2) is 28.7 Å². The summed E-state index contributed by atoms with van der Waals surface area (Å²) in [4.78, 5) is 0. The van der Waals surface area contributed by atoms with Crippen molar-refractivity contribution >= 4 is 20.8 Å². The number of nitrogens with one attached hydrogen (secondary N) is 1. The van der Waals surface area contributed by atoms with Crippen LogP contribution in [-0.4, -0.2) is 26.0 Å². The van der Waals surface area contributed by atoms with Crippen LogP contribution in [0.4, 0.5) is 0 Å². The topological polar surface area (TPSA) is 59.3 Å². The lowest BCUT2D eigenvalue weighted by Gasteiger charge is -2.30. The van der Waals surface area contributed by atoms with E-state index in [1.54, 1.807) is 0 Å². The smallest absolute Gasteiger partial charge is 0.150 e. The molecule has 0 aliphatic carbocycles. The SMILES string of the molecule is Cc1c(C(NC2CCS(=O)(=O)CC2)C(C)C)oc2ccccc12. The second-order valence-electron chi connectivity index (χ2n) is 6.90. The Morgan fingerprint density at radius 3 is 2.43 bits per heavy atom. The summed E-state index contributed by atoms with van der Waals surface area (Å²) in [6, 6.07) is 8.43. The first-order chi connectivity index (χ1) is 10.9. The van der Waals surface area contributed by atoms with Crippen molar-refractivity contribution in [3.63, 3.8) is 0 Å². The van der Waals surface area contributed by atoms with Gasteiger partial charge in [-0.25, -0.2) is 8.42 Å².